The molecule has 0 unspecified atom stereocenters. The quantitative estimate of drug-likeness (QED) is 0.471. The van der Waals surface area contributed by atoms with Crippen molar-refractivity contribution in [2.45, 2.75) is 13.8 Å². The molecular weight excluding hydrogens is 394 g/mol. The summed E-state index contributed by atoms with van der Waals surface area (Å²) < 4.78 is 5.44. The molecule has 1 amide bonds. The lowest BCUT2D eigenvalue weighted by atomic mass is 10.1. The van der Waals surface area contributed by atoms with Crippen LogP contribution in [0.25, 0.3) is 22.2 Å². The van der Waals surface area contributed by atoms with E-state index in [0.29, 0.717) is 24.6 Å². The first-order valence-corrected chi connectivity index (χ1v) is 10.2. The van der Waals surface area contributed by atoms with E-state index in [1.807, 2.05) is 38.4 Å². The van der Waals surface area contributed by atoms with Gasteiger partial charge in [0.1, 0.15) is 11.5 Å². The minimum absolute atomic E-state index is 0.265. The number of rotatable bonds is 4. The number of amides is 1. The highest BCUT2D eigenvalue weighted by Gasteiger charge is 2.17. The number of morpholine rings is 1. The maximum atomic E-state index is 12.6. The second-order valence-electron chi connectivity index (χ2n) is 7.60. The summed E-state index contributed by atoms with van der Waals surface area (Å²) >= 11 is 0. The van der Waals surface area contributed by atoms with E-state index in [9.17, 15) is 4.79 Å². The number of nitrogens with zero attached hydrogens (tertiary/aromatic N) is 4. The van der Waals surface area contributed by atoms with Crippen LogP contribution in [0.3, 0.4) is 0 Å². The average molecular weight is 417 g/mol. The molecule has 1 aliphatic rings. The zero-order valence-electron chi connectivity index (χ0n) is 17.4. The van der Waals surface area contributed by atoms with E-state index in [1.54, 1.807) is 6.20 Å². The largest absolute Gasteiger partial charge is 0.378 e. The summed E-state index contributed by atoms with van der Waals surface area (Å²) in [6, 6.07) is 5.98. The van der Waals surface area contributed by atoms with Gasteiger partial charge in [-0.1, -0.05) is 0 Å². The molecule has 0 radical (unpaired) electrons. The number of pyridine rings is 2. The Morgan fingerprint density at radius 3 is 2.81 bits per heavy atom. The van der Waals surface area contributed by atoms with Gasteiger partial charge in [0.05, 0.1) is 25.1 Å². The Balaban J connectivity index is 1.45. The normalized spacial score (nSPS) is 14.2. The van der Waals surface area contributed by atoms with Crippen LogP contribution in [0, 0.1) is 13.8 Å². The number of fused-ring (bicyclic) bond motifs is 1. The van der Waals surface area contributed by atoms with Crippen molar-refractivity contribution in [3.63, 3.8) is 0 Å². The summed E-state index contributed by atoms with van der Waals surface area (Å²) in [6.07, 6.45) is 5.39. The number of ether oxygens (including phenoxy) is 1. The fourth-order valence-electron chi connectivity index (χ4n) is 3.76. The highest BCUT2D eigenvalue weighted by atomic mass is 16.5. The number of anilines is 2. The van der Waals surface area contributed by atoms with Crippen LogP contribution in [-0.4, -0.2) is 57.4 Å². The number of aromatic nitrogens is 5. The molecule has 4 aromatic heterocycles. The summed E-state index contributed by atoms with van der Waals surface area (Å²) in [5.74, 6) is 0.663. The van der Waals surface area contributed by atoms with Gasteiger partial charge in [-0.3, -0.25) is 9.89 Å². The second-order valence-corrected chi connectivity index (χ2v) is 7.60. The first-order chi connectivity index (χ1) is 15.1. The molecule has 4 aromatic rings. The van der Waals surface area contributed by atoms with Gasteiger partial charge in [0.15, 0.2) is 5.69 Å². The van der Waals surface area contributed by atoms with Gasteiger partial charge in [0, 0.05) is 47.7 Å². The molecule has 1 aliphatic heterocycles. The minimum Gasteiger partial charge on any atom is -0.378 e. The number of aromatic amines is 2. The Kier molecular flexibility index (Phi) is 4.87. The van der Waals surface area contributed by atoms with Crippen LogP contribution in [-0.2, 0) is 4.74 Å². The van der Waals surface area contributed by atoms with Gasteiger partial charge in [-0.05, 0) is 37.6 Å². The first kappa shape index (κ1) is 19.3. The number of H-pyrrole nitrogens is 2. The summed E-state index contributed by atoms with van der Waals surface area (Å²) in [5.41, 5.74) is 5.50. The van der Waals surface area contributed by atoms with Crippen molar-refractivity contribution in [1.29, 1.82) is 0 Å². The fraction of sp³-hybridized carbons (Fsp3) is 0.273. The van der Waals surface area contributed by atoms with Crippen LogP contribution >= 0.6 is 0 Å². The van der Waals surface area contributed by atoms with Crippen LogP contribution in [0.15, 0.2) is 36.8 Å². The molecule has 1 saturated heterocycles. The SMILES string of the molecule is Cc1[nH]nc(C(=O)Nc2cnc3[nH]cc(-c4ccnc(N5CCOCC5)c4)c3c2)c1C. The van der Waals surface area contributed by atoms with Gasteiger partial charge in [-0.15, -0.1) is 0 Å². The maximum Gasteiger partial charge on any atom is 0.276 e. The van der Waals surface area contributed by atoms with Crippen molar-refractivity contribution < 1.29 is 9.53 Å². The maximum absolute atomic E-state index is 12.6. The predicted molar refractivity (Wildman–Crippen MR) is 118 cm³/mol. The summed E-state index contributed by atoms with van der Waals surface area (Å²) in [5, 5.41) is 10.8. The van der Waals surface area contributed by atoms with Crippen LogP contribution in [0.2, 0.25) is 0 Å². The van der Waals surface area contributed by atoms with E-state index < -0.39 is 0 Å². The standard InChI is InChI=1S/C22H23N7O2/c1-13-14(2)27-28-20(13)22(30)26-16-10-17-18(12-25-21(17)24-11-16)15-3-4-23-19(9-15)29-5-7-31-8-6-29/h3-4,9-12H,5-8H2,1-2H3,(H,24,25)(H,26,30)(H,27,28). The Bertz CT molecular complexity index is 1250. The molecule has 9 heteroatoms. The fourth-order valence-corrected chi connectivity index (χ4v) is 3.76. The lowest BCUT2D eigenvalue weighted by Crippen LogP contribution is -2.36. The number of hydrogen-bond donors (Lipinski definition) is 3. The van der Waals surface area contributed by atoms with Crippen LogP contribution in [0.1, 0.15) is 21.7 Å². The third-order valence-electron chi connectivity index (χ3n) is 5.65. The second kappa shape index (κ2) is 7.84. The van der Waals surface area contributed by atoms with E-state index >= 15 is 0 Å². The van der Waals surface area contributed by atoms with E-state index in [1.165, 1.54) is 0 Å². The van der Waals surface area contributed by atoms with Crippen LogP contribution in [0.4, 0.5) is 11.5 Å². The Hall–Kier alpha value is -3.72. The van der Waals surface area contributed by atoms with Crippen molar-refractivity contribution in [1.82, 2.24) is 25.1 Å². The minimum atomic E-state index is -0.265. The highest BCUT2D eigenvalue weighted by molar-refractivity contribution is 6.05. The average Bonchev–Trinajstić information content (AvgIpc) is 3.37. The van der Waals surface area contributed by atoms with E-state index in [-0.39, 0.29) is 5.91 Å². The summed E-state index contributed by atoms with van der Waals surface area (Å²) in [7, 11) is 0. The molecule has 158 valence electrons. The third kappa shape index (κ3) is 3.64. The molecule has 9 nitrogen and oxygen atoms in total. The number of aryl methyl sites for hydroxylation is 1. The van der Waals surface area contributed by atoms with E-state index in [0.717, 1.165) is 52.3 Å². The number of carbonyl (C=O) groups excluding carboxylic acids is 1. The van der Waals surface area contributed by atoms with Gasteiger partial charge in [-0.2, -0.15) is 5.10 Å². The lowest BCUT2D eigenvalue weighted by Gasteiger charge is -2.28. The van der Waals surface area contributed by atoms with Crippen molar-refractivity contribution >= 4 is 28.4 Å². The predicted octanol–water partition coefficient (Wildman–Crippen LogP) is 3.05. The van der Waals surface area contributed by atoms with E-state index in [2.05, 4.69) is 41.4 Å². The molecular formula is C22H23N7O2. The van der Waals surface area contributed by atoms with Gasteiger partial charge in [0.25, 0.3) is 5.91 Å². The van der Waals surface area contributed by atoms with Crippen LogP contribution < -0.4 is 10.2 Å². The lowest BCUT2D eigenvalue weighted by molar-refractivity contribution is 0.102. The van der Waals surface area contributed by atoms with Gasteiger partial charge >= 0.3 is 0 Å². The summed E-state index contributed by atoms with van der Waals surface area (Å²) in [4.78, 5) is 27.1. The smallest absolute Gasteiger partial charge is 0.276 e. The number of carbonyl (C=O) groups is 1. The first-order valence-electron chi connectivity index (χ1n) is 10.2. The Labute approximate surface area is 178 Å². The van der Waals surface area contributed by atoms with Gasteiger partial charge in [-0.25, -0.2) is 9.97 Å². The highest BCUT2D eigenvalue weighted by Crippen LogP contribution is 2.31. The molecule has 0 spiro atoms. The molecule has 5 heterocycles. The molecule has 0 bridgehead atoms. The molecule has 31 heavy (non-hydrogen) atoms. The molecule has 0 saturated carbocycles. The topological polar surface area (TPSA) is 112 Å². The zero-order valence-corrected chi connectivity index (χ0v) is 17.4. The van der Waals surface area contributed by atoms with Gasteiger partial charge < -0.3 is 19.9 Å². The monoisotopic (exact) mass is 417 g/mol. The van der Waals surface area contributed by atoms with Crippen LogP contribution in [0.5, 0.6) is 0 Å². The Morgan fingerprint density at radius 1 is 1.19 bits per heavy atom. The van der Waals surface area contributed by atoms with Crippen molar-refractivity contribution in [2.75, 3.05) is 36.5 Å². The van der Waals surface area contributed by atoms with Crippen molar-refractivity contribution in [3.05, 3.63) is 53.7 Å². The zero-order chi connectivity index (χ0) is 21.4. The van der Waals surface area contributed by atoms with E-state index in [4.69, 9.17) is 4.74 Å². The van der Waals surface area contributed by atoms with Crippen molar-refractivity contribution in [3.8, 4) is 11.1 Å². The molecule has 0 atom stereocenters. The number of nitrogens with one attached hydrogen (secondary N) is 3. The number of hydrogen-bond acceptors (Lipinski definition) is 6. The molecule has 0 aliphatic carbocycles. The molecule has 1 fully saturated rings. The molecule has 5 rings (SSSR count). The molecule has 0 aromatic carbocycles. The Morgan fingerprint density at radius 2 is 2.03 bits per heavy atom. The van der Waals surface area contributed by atoms with Gasteiger partial charge in [0.2, 0.25) is 0 Å². The summed E-state index contributed by atoms with van der Waals surface area (Å²) in [6.45, 7) is 6.83. The molecule has 3 N–H and O–H groups in total. The van der Waals surface area contributed by atoms with Crippen molar-refractivity contribution in [2.24, 2.45) is 0 Å². The third-order valence-corrected chi connectivity index (χ3v) is 5.65.